The minimum absolute atomic E-state index is 0.117. The van der Waals surface area contributed by atoms with Crippen LogP contribution in [0.4, 0.5) is 0 Å². The lowest BCUT2D eigenvalue weighted by molar-refractivity contribution is -0.250. The van der Waals surface area contributed by atoms with Crippen molar-refractivity contribution in [2.45, 2.75) is 63.4 Å². The highest BCUT2D eigenvalue weighted by Gasteiger charge is 2.53. The molecule has 36 heavy (non-hydrogen) atoms. The van der Waals surface area contributed by atoms with Crippen LogP contribution >= 0.6 is 7.75 Å². The highest BCUT2D eigenvalue weighted by molar-refractivity contribution is 7.51. The summed E-state index contributed by atoms with van der Waals surface area (Å²) in [6, 6.07) is 3.84. The van der Waals surface area contributed by atoms with Crippen LogP contribution in [-0.4, -0.2) is 95.4 Å². The van der Waals surface area contributed by atoms with Crippen LogP contribution in [0, 0.1) is 0 Å². The van der Waals surface area contributed by atoms with Gasteiger partial charge in [-0.15, -0.1) is 0 Å². The lowest BCUT2D eigenvalue weighted by Gasteiger charge is -2.43. The maximum absolute atomic E-state index is 14.4. The smallest absolute Gasteiger partial charge is 0.462 e. The Hall–Kier alpha value is -2.25. The molecule has 14 heteroatoms. The van der Waals surface area contributed by atoms with Gasteiger partial charge >= 0.3 is 13.7 Å². The number of esters is 1. The Morgan fingerprint density at radius 3 is 2.47 bits per heavy atom. The molecule has 3 rings (SSSR count). The van der Waals surface area contributed by atoms with E-state index in [1.165, 1.54) is 30.8 Å². The van der Waals surface area contributed by atoms with Gasteiger partial charge in [-0.1, -0.05) is 0 Å². The number of hydrogen-bond acceptors (Lipinski definition) is 11. The van der Waals surface area contributed by atoms with E-state index in [0.717, 1.165) is 0 Å². The van der Waals surface area contributed by atoms with Crippen molar-refractivity contribution >= 4 is 19.6 Å². The summed E-state index contributed by atoms with van der Waals surface area (Å²) in [6.45, 7) is 2.39. The van der Waals surface area contributed by atoms with Crippen molar-refractivity contribution < 1.29 is 52.7 Å². The third kappa shape index (κ3) is 6.35. The van der Waals surface area contributed by atoms with Crippen molar-refractivity contribution in [2.75, 3.05) is 26.9 Å². The molecule has 2 heterocycles. The van der Waals surface area contributed by atoms with Crippen LogP contribution in [0.15, 0.2) is 24.3 Å². The van der Waals surface area contributed by atoms with Crippen LogP contribution in [0.2, 0.25) is 0 Å². The van der Waals surface area contributed by atoms with Crippen molar-refractivity contribution in [3.63, 3.8) is 0 Å². The summed E-state index contributed by atoms with van der Waals surface area (Å²) in [5, 5.41) is 33.4. The lowest BCUT2D eigenvalue weighted by Crippen LogP contribution is -2.64. The second-order valence-electron chi connectivity index (χ2n) is 8.34. The summed E-state index contributed by atoms with van der Waals surface area (Å²) in [7, 11) is -2.95. The first kappa shape index (κ1) is 28.3. The summed E-state index contributed by atoms with van der Waals surface area (Å²) in [6.07, 6.45) is -5.32. The predicted octanol–water partition coefficient (Wildman–Crippen LogP) is 0.170. The van der Waals surface area contributed by atoms with Crippen LogP contribution in [0.5, 0.6) is 11.5 Å². The van der Waals surface area contributed by atoms with Gasteiger partial charge in [0.1, 0.15) is 41.9 Å². The predicted molar refractivity (Wildman–Crippen MR) is 124 cm³/mol. The molecule has 1 amide bonds. The molecule has 0 aromatic heterocycles. The first-order valence-electron chi connectivity index (χ1n) is 11.6. The zero-order valence-electron chi connectivity index (χ0n) is 20.3. The number of rotatable bonds is 10. The second-order valence-corrected chi connectivity index (χ2v) is 10.2. The molecular weight excluding hydrogens is 499 g/mol. The van der Waals surface area contributed by atoms with E-state index in [-0.39, 0.29) is 18.9 Å². The minimum Gasteiger partial charge on any atom is -0.497 e. The van der Waals surface area contributed by atoms with Gasteiger partial charge < -0.3 is 39.4 Å². The highest BCUT2D eigenvalue weighted by Crippen LogP contribution is 2.57. The van der Waals surface area contributed by atoms with E-state index in [4.69, 9.17) is 23.3 Å². The van der Waals surface area contributed by atoms with Crippen LogP contribution in [0.3, 0.4) is 0 Å². The molecule has 2 saturated heterocycles. The molecule has 202 valence electrons. The van der Waals surface area contributed by atoms with Crippen LogP contribution in [0.1, 0.15) is 26.7 Å². The first-order valence-corrected chi connectivity index (χ1v) is 13.1. The summed E-state index contributed by atoms with van der Waals surface area (Å²) >= 11 is 0. The lowest BCUT2D eigenvalue weighted by atomic mass is 9.97. The molecule has 2 fully saturated rings. The molecule has 2 aliphatic rings. The fourth-order valence-corrected chi connectivity index (χ4v) is 6.35. The molecule has 2 aliphatic heterocycles. The van der Waals surface area contributed by atoms with Gasteiger partial charge in [0.2, 0.25) is 5.91 Å². The number of carbonyl (C=O) groups is 2. The number of nitrogens with one attached hydrogen (secondary N) is 1. The van der Waals surface area contributed by atoms with Gasteiger partial charge in [0.15, 0.2) is 6.29 Å². The van der Waals surface area contributed by atoms with Crippen LogP contribution < -0.4 is 14.6 Å². The molecule has 0 spiro atoms. The Morgan fingerprint density at radius 1 is 1.22 bits per heavy atom. The number of amides is 1. The number of ether oxygens (including phenoxy) is 3. The Kier molecular flexibility index (Phi) is 9.70. The number of hydrogen-bond donors (Lipinski definition) is 4. The van der Waals surface area contributed by atoms with E-state index in [1.807, 2.05) is 0 Å². The van der Waals surface area contributed by atoms with Crippen molar-refractivity contribution in [3.8, 4) is 11.5 Å². The van der Waals surface area contributed by atoms with E-state index in [1.54, 1.807) is 19.1 Å². The SMILES string of the molecule is CCOC(=O)[C@@H]1CCCN1P(=O)(Oc1ccc(OC)cc1)O[C@H]1[C@H](O)[C@@H](NC(C)=O)C(O)O[C@@H]1CO. The fraction of sp³-hybridized carbons (Fsp3) is 0.636. The summed E-state index contributed by atoms with van der Waals surface area (Å²) < 4.78 is 42.9. The highest BCUT2D eigenvalue weighted by atomic mass is 31.2. The minimum atomic E-state index is -4.44. The van der Waals surface area contributed by atoms with E-state index >= 15 is 0 Å². The third-order valence-electron chi connectivity index (χ3n) is 5.88. The Morgan fingerprint density at radius 2 is 1.89 bits per heavy atom. The number of aliphatic hydroxyl groups excluding tert-OH is 3. The first-order chi connectivity index (χ1) is 17.1. The molecule has 13 nitrogen and oxygen atoms in total. The van der Waals surface area contributed by atoms with Gasteiger partial charge in [-0.05, 0) is 44.0 Å². The molecule has 0 radical (unpaired) electrons. The number of methoxy groups -OCH3 is 1. The van der Waals surface area contributed by atoms with E-state index in [0.29, 0.717) is 18.6 Å². The topological polar surface area (TPSA) is 173 Å². The molecule has 1 aromatic rings. The van der Waals surface area contributed by atoms with E-state index in [9.17, 15) is 29.5 Å². The molecule has 7 atom stereocenters. The zero-order valence-corrected chi connectivity index (χ0v) is 21.2. The summed E-state index contributed by atoms with van der Waals surface area (Å²) in [4.78, 5) is 24.2. The largest absolute Gasteiger partial charge is 0.497 e. The van der Waals surface area contributed by atoms with Crippen LogP contribution in [0.25, 0.3) is 0 Å². The van der Waals surface area contributed by atoms with E-state index < -0.39 is 62.9 Å². The number of benzene rings is 1. The Labute approximate surface area is 208 Å². The van der Waals surface area contributed by atoms with E-state index in [2.05, 4.69) is 5.32 Å². The van der Waals surface area contributed by atoms with Gasteiger partial charge in [0.25, 0.3) is 0 Å². The maximum atomic E-state index is 14.4. The van der Waals surface area contributed by atoms with Crippen molar-refractivity contribution in [1.29, 1.82) is 0 Å². The average molecular weight is 532 g/mol. The molecule has 2 unspecified atom stereocenters. The molecule has 1 aromatic carbocycles. The zero-order chi connectivity index (χ0) is 26.5. The van der Waals surface area contributed by atoms with Crippen molar-refractivity contribution in [1.82, 2.24) is 9.99 Å². The fourth-order valence-electron chi connectivity index (χ4n) is 4.18. The number of nitrogens with zero attached hydrogens (tertiary/aromatic N) is 1. The monoisotopic (exact) mass is 532 g/mol. The standard InChI is InChI=1S/C22H33N2O11P/c1-4-32-21(28)16-6-5-11-24(16)36(30,34-15-9-7-14(31-3)8-10-15)35-20-17(12-25)33-22(29)18(19(20)27)23-13(2)26/h7-10,16-20,22,25,27,29H,4-6,11-12H2,1-3H3,(H,23,26)/t16-,17+,18+,19+,20+,22?,36?/m0/s1. The number of carbonyl (C=O) groups excluding carboxylic acids is 2. The maximum Gasteiger partial charge on any atom is 0.462 e. The van der Waals surface area contributed by atoms with Gasteiger partial charge in [0.05, 0.1) is 20.3 Å². The summed E-state index contributed by atoms with van der Waals surface area (Å²) in [5.41, 5.74) is 0. The average Bonchev–Trinajstić information content (AvgIpc) is 3.35. The molecule has 0 bridgehead atoms. The van der Waals surface area contributed by atoms with Gasteiger partial charge in [0, 0.05) is 13.5 Å². The number of aliphatic hydroxyl groups is 3. The Bertz CT molecular complexity index is 946. The molecule has 4 N–H and O–H groups in total. The Balaban J connectivity index is 1.97. The molecule has 0 saturated carbocycles. The normalized spacial score (nSPS) is 30.3. The quantitative estimate of drug-likeness (QED) is 0.238. The third-order valence-corrected chi connectivity index (χ3v) is 7.93. The van der Waals surface area contributed by atoms with Gasteiger partial charge in [-0.2, -0.15) is 4.67 Å². The van der Waals surface area contributed by atoms with Crippen LogP contribution in [-0.2, 0) is 28.2 Å². The second kappa shape index (κ2) is 12.3. The van der Waals surface area contributed by atoms with Crippen molar-refractivity contribution in [3.05, 3.63) is 24.3 Å². The summed E-state index contributed by atoms with van der Waals surface area (Å²) in [5.74, 6) is -0.531. The van der Waals surface area contributed by atoms with Crippen molar-refractivity contribution in [2.24, 2.45) is 0 Å². The van der Waals surface area contributed by atoms with Gasteiger partial charge in [-0.25, -0.2) is 4.57 Å². The molecule has 0 aliphatic carbocycles. The molecular formula is C22H33N2O11P. The van der Waals surface area contributed by atoms with Gasteiger partial charge in [-0.3, -0.25) is 14.1 Å².